The van der Waals surface area contributed by atoms with E-state index in [-0.39, 0.29) is 30.2 Å². The Kier molecular flexibility index (Phi) is 5.58. The van der Waals surface area contributed by atoms with Gasteiger partial charge in [0.05, 0.1) is 16.7 Å². The summed E-state index contributed by atoms with van der Waals surface area (Å²) in [5.74, 6) is -1.32. The third-order valence-corrected chi connectivity index (χ3v) is 4.36. The van der Waals surface area contributed by atoms with E-state index in [0.29, 0.717) is 12.2 Å². The number of imidazole rings is 1. The number of aryl methyl sites for hydroxylation is 2. The smallest absolute Gasteiger partial charge is 0.326 e. The molecule has 146 valence electrons. The van der Waals surface area contributed by atoms with Crippen molar-refractivity contribution >= 4 is 34.2 Å². The fourth-order valence-corrected chi connectivity index (χ4v) is 3.12. The fraction of sp³-hybridized carbons (Fsp3) is 0.250. The molecule has 1 heterocycles. The van der Waals surface area contributed by atoms with Crippen LogP contribution in [-0.2, 0) is 22.7 Å². The molecule has 28 heavy (non-hydrogen) atoms. The summed E-state index contributed by atoms with van der Waals surface area (Å²) in [6.07, 6.45) is 0.0739. The molecule has 0 fully saturated rings. The minimum Gasteiger partial charge on any atom is -0.326 e. The lowest BCUT2D eigenvalue weighted by atomic mass is 10.2. The van der Waals surface area contributed by atoms with Gasteiger partial charge >= 0.3 is 5.69 Å². The SMILES string of the molecule is CCn1c(=O)n(CCC(=O)Nc2ccc(F)c(NC(C)=O)c2)c2ccccc21. The molecule has 0 aliphatic rings. The van der Waals surface area contributed by atoms with Crippen molar-refractivity contribution in [3.05, 3.63) is 58.8 Å². The van der Waals surface area contributed by atoms with Crippen LogP contribution in [0.5, 0.6) is 0 Å². The number of nitrogens with one attached hydrogen (secondary N) is 2. The number of carbonyl (C=O) groups excluding carboxylic acids is 2. The highest BCUT2D eigenvalue weighted by Gasteiger charge is 2.13. The van der Waals surface area contributed by atoms with Crippen LogP contribution in [0.4, 0.5) is 15.8 Å². The van der Waals surface area contributed by atoms with E-state index in [9.17, 15) is 18.8 Å². The molecule has 0 aliphatic carbocycles. The predicted molar refractivity (Wildman–Crippen MR) is 106 cm³/mol. The van der Waals surface area contributed by atoms with Crippen molar-refractivity contribution < 1.29 is 14.0 Å². The molecule has 7 nitrogen and oxygen atoms in total. The maximum atomic E-state index is 13.7. The second kappa shape index (κ2) is 8.08. The van der Waals surface area contributed by atoms with E-state index in [1.165, 1.54) is 25.1 Å². The maximum absolute atomic E-state index is 13.7. The molecule has 3 aromatic rings. The Morgan fingerprint density at radius 1 is 1.04 bits per heavy atom. The molecule has 0 bridgehead atoms. The van der Waals surface area contributed by atoms with Crippen LogP contribution in [0.3, 0.4) is 0 Å². The van der Waals surface area contributed by atoms with Gasteiger partial charge in [0, 0.05) is 32.1 Å². The van der Waals surface area contributed by atoms with Gasteiger partial charge in [0.15, 0.2) is 0 Å². The molecule has 8 heteroatoms. The summed E-state index contributed by atoms with van der Waals surface area (Å²) in [5, 5.41) is 5.03. The summed E-state index contributed by atoms with van der Waals surface area (Å²) in [6, 6.07) is 11.4. The third kappa shape index (κ3) is 3.95. The monoisotopic (exact) mass is 384 g/mol. The van der Waals surface area contributed by atoms with Crippen LogP contribution >= 0.6 is 0 Å². The molecule has 0 saturated heterocycles. The van der Waals surface area contributed by atoms with Crippen LogP contribution in [0.2, 0.25) is 0 Å². The first kappa shape index (κ1) is 19.3. The Morgan fingerprint density at radius 3 is 2.36 bits per heavy atom. The molecular weight excluding hydrogens is 363 g/mol. The van der Waals surface area contributed by atoms with Crippen molar-refractivity contribution in [2.75, 3.05) is 10.6 Å². The van der Waals surface area contributed by atoms with Gasteiger partial charge in [-0.25, -0.2) is 9.18 Å². The van der Waals surface area contributed by atoms with Crippen molar-refractivity contribution in [1.82, 2.24) is 9.13 Å². The largest absolute Gasteiger partial charge is 0.329 e. The van der Waals surface area contributed by atoms with Crippen molar-refractivity contribution in [1.29, 1.82) is 0 Å². The first-order chi connectivity index (χ1) is 13.4. The summed E-state index contributed by atoms with van der Waals surface area (Å²) < 4.78 is 16.9. The molecule has 3 rings (SSSR count). The summed E-state index contributed by atoms with van der Waals surface area (Å²) in [4.78, 5) is 36.0. The summed E-state index contributed by atoms with van der Waals surface area (Å²) in [6.45, 7) is 3.93. The number of halogens is 1. The average molecular weight is 384 g/mol. The van der Waals surface area contributed by atoms with E-state index < -0.39 is 11.7 Å². The number of nitrogens with zero attached hydrogens (tertiary/aromatic N) is 2. The molecule has 0 unspecified atom stereocenters. The number of hydrogen-bond acceptors (Lipinski definition) is 3. The molecule has 2 aromatic carbocycles. The quantitative estimate of drug-likeness (QED) is 0.685. The number of aromatic nitrogens is 2. The van der Waals surface area contributed by atoms with E-state index in [1.807, 2.05) is 31.2 Å². The number of para-hydroxylation sites is 2. The molecule has 2 N–H and O–H groups in total. The van der Waals surface area contributed by atoms with Gasteiger partial charge in [0.25, 0.3) is 0 Å². The van der Waals surface area contributed by atoms with E-state index in [4.69, 9.17) is 0 Å². The zero-order chi connectivity index (χ0) is 20.3. The van der Waals surface area contributed by atoms with Crippen molar-refractivity contribution in [3.8, 4) is 0 Å². The van der Waals surface area contributed by atoms with E-state index in [1.54, 1.807) is 9.13 Å². The molecular formula is C20H21FN4O3. The number of rotatable bonds is 6. The number of carbonyl (C=O) groups is 2. The Bertz CT molecular complexity index is 1100. The van der Waals surface area contributed by atoms with Gasteiger partial charge in [-0.1, -0.05) is 12.1 Å². The van der Waals surface area contributed by atoms with Crippen LogP contribution in [0.1, 0.15) is 20.3 Å². The first-order valence-electron chi connectivity index (χ1n) is 8.95. The molecule has 2 amide bonds. The lowest BCUT2D eigenvalue weighted by Gasteiger charge is -2.09. The minimum absolute atomic E-state index is 0.00691. The fourth-order valence-electron chi connectivity index (χ4n) is 3.12. The highest BCUT2D eigenvalue weighted by atomic mass is 19.1. The normalized spacial score (nSPS) is 10.8. The predicted octanol–water partition coefficient (Wildman–Crippen LogP) is 2.95. The summed E-state index contributed by atoms with van der Waals surface area (Å²) in [7, 11) is 0. The zero-order valence-corrected chi connectivity index (χ0v) is 15.7. The number of hydrogen-bond donors (Lipinski definition) is 2. The number of amides is 2. The van der Waals surface area contributed by atoms with Gasteiger partial charge in [0.2, 0.25) is 11.8 Å². The van der Waals surface area contributed by atoms with Crippen molar-refractivity contribution in [2.24, 2.45) is 0 Å². The van der Waals surface area contributed by atoms with Crippen LogP contribution in [0, 0.1) is 5.82 Å². The van der Waals surface area contributed by atoms with Gasteiger partial charge in [-0.15, -0.1) is 0 Å². The molecule has 0 aliphatic heterocycles. The van der Waals surface area contributed by atoms with Gasteiger partial charge in [-0.3, -0.25) is 18.7 Å². The lowest BCUT2D eigenvalue weighted by molar-refractivity contribution is -0.116. The van der Waals surface area contributed by atoms with Crippen LogP contribution < -0.4 is 16.3 Å². The lowest BCUT2D eigenvalue weighted by Crippen LogP contribution is -2.25. The first-order valence-corrected chi connectivity index (χ1v) is 8.95. The topological polar surface area (TPSA) is 85.1 Å². The molecule has 1 aromatic heterocycles. The molecule has 0 spiro atoms. The van der Waals surface area contributed by atoms with Crippen molar-refractivity contribution in [2.45, 2.75) is 33.4 Å². The van der Waals surface area contributed by atoms with Gasteiger partial charge in [-0.2, -0.15) is 0 Å². The number of anilines is 2. The second-order valence-electron chi connectivity index (χ2n) is 6.34. The Hall–Kier alpha value is -3.42. The Morgan fingerprint density at radius 2 is 1.71 bits per heavy atom. The number of fused-ring (bicyclic) bond motifs is 1. The Balaban J connectivity index is 1.74. The molecule has 0 saturated carbocycles. The standard InChI is InChI=1S/C20H21FN4O3/c1-3-24-17-6-4-5-7-18(17)25(20(24)28)11-10-19(27)23-14-8-9-15(21)16(12-14)22-13(2)26/h4-9,12H,3,10-11H2,1-2H3,(H,22,26)(H,23,27). The molecule has 0 atom stereocenters. The average Bonchev–Trinajstić information content (AvgIpc) is 2.93. The summed E-state index contributed by atoms with van der Waals surface area (Å²) in [5.41, 5.74) is 1.79. The van der Waals surface area contributed by atoms with Crippen LogP contribution in [0.25, 0.3) is 11.0 Å². The van der Waals surface area contributed by atoms with E-state index in [0.717, 1.165) is 11.0 Å². The maximum Gasteiger partial charge on any atom is 0.329 e. The Labute approximate surface area is 160 Å². The third-order valence-electron chi connectivity index (χ3n) is 4.36. The van der Waals surface area contributed by atoms with E-state index in [2.05, 4.69) is 10.6 Å². The van der Waals surface area contributed by atoms with Gasteiger partial charge < -0.3 is 10.6 Å². The van der Waals surface area contributed by atoms with Gasteiger partial charge in [0.1, 0.15) is 5.82 Å². The minimum atomic E-state index is -0.591. The summed E-state index contributed by atoms with van der Waals surface area (Å²) >= 11 is 0. The van der Waals surface area contributed by atoms with E-state index >= 15 is 0 Å². The highest BCUT2D eigenvalue weighted by Crippen LogP contribution is 2.20. The molecule has 0 radical (unpaired) electrons. The van der Waals surface area contributed by atoms with Crippen LogP contribution in [0.15, 0.2) is 47.3 Å². The van der Waals surface area contributed by atoms with Crippen LogP contribution in [-0.4, -0.2) is 20.9 Å². The van der Waals surface area contributed by atoms with Crippen molar-refractivity contribution in [3.63, 3.8) is 0 Å². The second-order valence-corrected chi connectivity index (χ2v) is 6.34. The highest BCUT2D eigenvalue weighted by molar-refractivity contribution is 5.93. The van der Waals surface area contributed by atoms with Gasteiger partial charge in [-0.05, 0) is 37.3 Å². The zero-order valence-electron chi connectivity index (χ0n) is 15.7. The number of benzene rings is 2.